The van der Waals surface area contributed by atoms with E-state index in [4.69, 9.17) is 0 Å². The Morgan fingerprint density at radius 2 is 1.61 bits per heavy atom. The molecule has 3 rings (SSSR count). The molecule has 0 aliphatic carbocycles. The standard InChI is InChI=1S/C25H20N4OS/c1-17-8-4-6-10-20(17)22-12-19(14-26)24(31-3)29(22)25(15-27,16-28)13-23(30)21-11-7-5-9-18(21)2/h4-12H,13H2,1-3H3. The molecule has 31 heavy (non-hydrogen) atoms. The van der Waals surface area contributed by atoms with Crippen LogP contribution in [0.2, 0.25) is 0 Å². The number of thioether (sulfide) groups is 1. The van der Waals surface area contributed by atoms with E-state index in [9.17, 15) is 20.6 Å². The molecular weight excluding hydrogens is 404 g/mol. The van der Waals surface area contributed by atoms with Crippen LogP contribution in [-0.4, -0.2) is 16.6 Å². The first-order valence-corrected chi connectivity index (χ1v) is 10.8. The molecular formula is C25H20N4OS. The zero-order valence-electron chi connectivity index (χ0n) is 17.5. The molecule has 5 nitrogen and oxygen atoms in total. The largest absolute Gasteiger partial charge is 0.303 e. The molecule has 0 saturated heterocycles. The summed E-state index contributed by atoms with van der Waals surface area (Å²) in [7, 11) is 0. The number of ketones is 1. The molecule has 0 radical (unpaired) electrons. The summed E-state index contributed by atoms with van der Waals surface area (Å²) >= 11 is 1.28. The number of hydrogen-bond acceptors (Lipinski definition) is 5. The molecule has 0 spiro atoms. The smallest absolute Gasteiger partial charge is 0.226 e. The maximum atomic E-state index is 13.2. The van der Waals surface area contributed by atoms with Gasteiger partial charge < -0.3 is 4.57 Å². The van der Waals surface area contributed by atoms with E-state index in [0.29, 0.717) is 21.8 Å². The lowest BCUT2D eigenvalue weighted by atomic mass is 9.90. The fourth-order valence-electron chi connectivity index (χ4n) is 3.71. The highest BCUT2D eigenvalue weighted by molar-refractivity contribution is 7.98. The Labute approximate surface area is 186 Å². The highest BCUT2D eigenvalue weighted by Crippen LogP contribution is 2.39. The van der Waals surface area contributed by atoms with Gasteiger partial charge in [0.15, 0.2) is 5.78 Å². The Bertz CT molecular complexity index is 1270. The van der Waals surface area contributed by atoms with Crippen LogP contribution < -0.4 is 0 Å². The summed E-state index contributed by atoms with van der Waals surface area (Å²) in [4.78, 5) is 13.2. The molecule has 1 aromatic heterocycles. The lowest BCUT2D eigenvalue weighted by Gasteiger charge is -2.26. The average molecular weight is 425 g/mol. The van der Waals surface area contributed by atoms with Crippen molar-refractivity contribution in [3.8, 4) is 29.5 Å². The SMILES string of the molecule is CSc1c(C#N)cc(-c2ccccc2C)n1C(C#N)(C#N)CC(=O)c1ccccc1C. The molecule has 1 heterocycles. The summed E-state index contributed by atoms with van der Waals surface area (Å²) < 4.78 is 1.56. The summed E-state index contributed by atoms with van der Waals surface area (Å²) in [6.07, 6.45) is 1.47. The van der Waals surface area contributed by atoms with Crippen molar-refractivity contribution in [3.05, 3.63) is 76.9 Å². The van der Waals surface area contributed by atoms with E-state index in [1.165, 1.54) is 11.8 Å². The van der Waals surface area contributed by atoms with Gasteiger partial charge in [-0.1, -0.05) is 48.5 Å². The predicted octanol–water partition coefficient (Wildman–Crippen LogP) is 5.38. The Hall–Kier alpha value is -3.79. The van der Waals surface area contributed by atoms with Crippen LogP contribution in [0.3, 0.4) is 0 Å². The van der Waals surface area contributed by atoms with Crippen molar-refractivity contribution in [1.82, 2.24) is 4.57 Å². The Morgan fingerprint density at radius 3 is 2.16 bits per heavy atom. The first-order chi connectivity index (χ1) is 14.9. The molecule has 0 atom stereocenters. The number of aryl methyl sites for hydroxylation is 2. The van der Waals surface area contributed by atoms with E-state index < -0.39 is 5.54 Å². The van der Waals surface area contributed by atoms with Gasteiger partial charge in [0.25, 0.3) is 0 Å². The van der Waals surface area contributed by atoms with Crippen LogP contribution >= 0.6 is 11.8 Å². The average Bonchev–Trinajstić information content (AvgIpc) is 3.17. The van der Waals surface area contributed by atoms with E-state index >= 15 is 0 Å². The van der Waals surface area contributed by atoms with Gasteiger partial charge in [-0.2, -0.15) is 15.8 Å². The molecule has 0 aliphatic heterocycles. The normalized spacial score (nSPS) is 10.7. The highest BCUT2D eigenvalue weighted by atomic mass is 32.2. The summed E-state index contributed by atoms with van der Waals surface area (Å²) in [6.45, 7) is 3.75. The number of nitriles is 3. The van der Waals surface area contributed by atoms with Crippen molar-refractivity contribution in [1.29, 1.82) is 15.8 Å². The van der Waals surface area contributed by atoms with Crippen molar-refractivity contribution in [2.24, 2.45) is 0 Å². The van der Waals surface area contributed by atoms with Crippen LogP contribution in [0.1, 0.15) is 33.5 Å². The third-order valence-corrected chi connectivity index (χ3v) is 6.09. The van der Waals surface area contributed by atoms with Crippen molar-refractivity contribution in [3.63, 3.8) is 0 Å². The van der Waals surface area contributed by atoms with Crippen LogP contribution in [0.5, 0.6) is 0 Å². The van der Waals surface area contributed by atoms with Gasteiger partial charge >= 0.3 is 0 Å². The summed E-state index contributed by atoms with van der Waals surface area (Å²) in [6, 6.07) is 22.8. The molecule has 0 fully saturated rings. The zero-order chi connectivity index (χ0) is 22.6. The van der Waals surface area contributed by atoms with Crippen LogP contribution in [0.15, 0.2) is 59.6 Å². The van der Waals surface area contributed by atoms with E-state index in [1.807, 2.05) is 50.2 Å². The van der Waals surface area contributed by atoms with Crippen LogP contribution in [0, 0.1) is 47.8 Å². The number of nitrogens with zero attached hydrogens (tertiary/aromatic N) is 4. The van der Waals surface area contributed by atoms with E-state index in [-0.39, 0.29) is 12.2 Å². The zero-order valence-corrected chi connectivity index (χ0v) is 18.3. The number of hydrogen-bond donors (Lipinski definition) is 0. The van der Waals surface area contributed by atoms with Gasteiger partial charge in [-0.3, -0.25) is 4.79 Å². The van der Waals surface area contributed by atoms with E-state index in [0.717, 1.165) is 16.7 Å². The summed E-state index contributed by atoms with van der Waals surface area (Å²) in [5, 5.41) is 30.6. The van der Waals surface area contributed by atoms with Gasteiger partial charge in [0.05, 0.1) is 22.7 Å². The highest BCUT2D eigenvalue weighted by Gasteiger charge is 2.40. The molecule has 152 valence electrons. The van der Waals surface area contributed by atoms with E-state index in [2.05, 4.69) is 18.2 Å². The molecule has 6 heteroatoms. The minimum absolute atomic E-state index is 0.295. The van der Waals surface area contributed by atoms with Gasteiger partial charge in [-0.15, -0.1) is 11.8 Å². The van der Waals surface area contributed by atoms with Crippen molar-refractivity contribution < 1.29 is 4.79 Å². The molecule has 0 N–H and O–H groups in total. The Kier molecular flexibility index (Phi) is 6.30. The van der Waals surface area contributed by atoms with Crippen LogP contribution in [0.25, 0.3) is 11.3 Å². The summed E-state index contributed by atoms with van der Waals surface area (Å²) in [5.41, 5.74) is 2.14. The molecule has 0 aliphatic rings. The first-order valence-electron chi connectivity index (χ1n) is 9.60. The number of carbonyl (C=O) groups is 1. The van der Waals surface area contributed by atoms with Gasteiger partial charge in [0.2, 0.25) is 5.54 Å². The minimum Gasteiger partial charge on any atom is -0.303 e. The van der Waals surface area contributed by atoms with Crippen LogP contribution in [0.4, 0.5) is 0 Å². The fraction of sp³-hybridized carbons (Fsp3) is 0.200. The molecule has 0 amide bonds. The third-order valence-electron chi connectivity index (χ3n) is 5.30. The number of carbonyl (C=O) groups excluding carboxylic acids is 1. The number of aromatic nitrogens is 1. The Morgan fingerprint density at radius 1 is 1.00 bits per heavy atom. The molecule has 2 aromatic carbocycles. The maximum Gasteiger partial charge on any atom is 0.226 e. The lowest BCUT2D eigenvalue weighted by Crippen LogP contribution is -2.34. The molecule has 0 saturated carbocycles. The second-order valence-electron chi connectivity index (χ2n) is 7.21. The molecule has 0 unspecified atom stereocenters. The quantitative estimate of drug-likeness (QED) is 0.391. The van der Waals surface area contributed by atoms with Gasteiger partial charge in [-0.05, 0) is 37.3 Å². The van der Waals surface area contributed by atoms with Crippen LogP contribution in [-0.2, 0) is 5.54 Å². The van der Waals surface area contributed by atoms with E-state index in [1.54, 1.807) is 29.0 Å². The topological polar surface area (TPSA) is 93.4 Å². The maximum absolute atomic E-state index is 13.2. The third kappa shape index (κ3) is 3.84. The summed E-state index contributed by atoms with van der Waals surface area (Å²) in [5.74, 6) is -0.295. The monoisotopic (exact) mass is 424 g/mol. The number of Topliss-reactive ketones (excluding diaryl/α,β-unsaturated/α-hetero) is 1. The second-order valence-corrected chi connectivity index (χ2v) is 8.01. The molecule has 3 aromatic rings. The second kappa shape index (κ2) is 8.92. The van der Waals surface area contributed by atoms with Crippen molar-refractivity contribution in [2.45, 2.75) is 30.8 Å². The number of rotatable bonds is 6. The lowest BCUT2D eigenvalue weighted by molar-refractivity contribution is 0.0956. The van der Waals surface area contributed by atoms with Crippen molar-refractivity contribution >= 4 is 17.5 Å². The Balaban J connectivity index is 2.28. The first kappa shape index (κ1) is 21.9. The molecule has 0 bridgehead atoms. The fourth-order valence-corrected chi connectivity index (χ4v) is 4.47. The van der Waals surface area contributed by atoms with Gasteiger partial charge in [-0.25, -0.2) is 0 Å². The van der Waals surface area contributed by atoms with Gasteiger partial charge in [0, 0.05) is 11.1 Å². The number of benzene rings is 2. The minimum atomic E-state index is -1.80. The van der Waals surface area contributed by atoms with Gasteiger partial charge in [0.1, 0.15) is 18.2 Å². The predicted molar refractivity (Wildman–Crippen MR) is 120 cm³/mol. The van der Waals surface area contributed by atoms with Crippen molar-refractivity contribution in [2.75, 3.05) is 6.26 Å².